The van der Waals surface area contributed by atoms with Crippen LogP contribution in [0.5, 0.6) is 11.5 Å². The molecule has 4 nitrogen and oxygen atoms in total. The van der Waals surface area contributed by atoms with Gasteiger partial charge in [0.1, 0.15) is 0 Å². The van der Waals surface area contributed by atoms with Gasteiger partial charge in [-0.3, -0.25) is 4.79 Å². The number of rotatable bonds is 5. The van der Waals surface area contributed by atoms with Crippen LogP contribution in [-0.2, 0) is 4.79 Å². The molecule has 1 aliphatic heterocycles. The van der Waals surface area contributed by atoms with Gasteiger partial charge < -0.3 is 15.2 Å². The minimum absolute atomic E-state index is 0.207. The molecule has 0 saturated heterocycles. The molecule has 1 heterocycles. The third kappa shape index (κ3) is 2.39. The second-order valence-electron chi connectivity index (χ2n) is 5.57. The summed E-state index contributed by atoms with van der Waals surface area (Å²) in [7, 11) is 0. The number of carbonyl (C=O) groups is 1. The molecule has 19 heavy (non-hydrogen) atoms. The maximum absolute atomic E-state index is 10.8. The van der Waals surface area contributed by atoms with Gasteiger partial charge >= 0.3 is 0 Å². The van der Waals surface area contributed by atoms with Crippen LogP contribution in [-0.4, -0.2) is 12.7 Å². The topological polar surface area (TPSA) is 61.6 Å². The molecule has 1 aliphatic carbocycles. The summed E-state index contributed by atoms with van der Waals surface area (Å²) in [5.74, 6) is 3.26. The molecule has 102 valence electrons. The summed E-state index contributed by atoms with van der Waals surface area (Å²) >= 11 is 0. The number of hydrogen-bond acceptors (Lipinski definition) is 3. The number of benzene rings is 1. The van der Waals surface area contributed by atoms with E-state index in [0.717, 1.165) is 17.9 Å². The fourth-order valence-corrected chi connectivity index (χ4v) is 3.03. The first-order valence-electron chi connectivity index (χ1n) is 6.83. The second-order valence-corrected chi connectivity index (χ2v) is 5.57. The maximum atomic E-state index is 10.8. The Balaban J connectivity index is 1.67. The van der Waals surface area contributed by atoms with Crippen LogP contribution >= 0.6 is 0 Å². The molecule has 0 bridgehead atoms. The van der Waals surface area contributed by atoms with Crippen LogP contribution < -0.4 is 15.2 Å². The third-order valence-electron chi connectivity index (χ3n) is 4.24. The van der Waals surface area contributed by atoms with Crippen molar-refractivity contribution in [3.63, 3.8) is 0 Å². The summed E-state index contributed by atoms with van der Waals surface area (Å²) in [6.07, 6.45) is 2.53. The van der Waals surface area contributed by atoms with Gasteiger partial charge in [-0.1, -0.05) is 19.1 Å². The highest BCUT2D eigenvalue weighted by molar-refractivity contribution is 5.73. The largest absolute Gasteiger partial charge is 0.454 e. The lowest BCUT2D eigenvalue weighted by molar-refractivity contribution is -0.118. The molecule has 2 aliphatic rings. The fraction of sp³-hybridized carbons (Fsp3) is 0.533. The number of para-hydroxylation sites is 1. The third-order valence-corrected chi connectivity index (χ3v) is 4.24. The molecule has 0 radical (unpaired) electrons. The molecule has 1 amide bonds. The molecule has 1 aromatic rings. The number of hydrogen-bond donors (Lipinski definition) is 1. The van der Waals surface area contributed by atoms with E-state index in [2.05, 4.69) is 13.0 Å². The molecule has 2 N–H and O–H groups in total. The van der Waals surface area contributed by atoms with Crippen molar-refractivity contribution in [3.05, 3.63) is 23.8 Å². The van der Waals surface area contributed by atoms with Gasteiger partial charge in [0, 0.05) is 12.0 Å². The quantitative estimate of drug-likeness (QED) is 0.885. The lowest BCUT2D eigenvalue weighted by Gasteiger charge is -2.10. The smallest absolute Gasteiger partial charge is 0.231 e. The van der Waals surface area contributed by atoms with Crippen LogP contribution in [0.2, 0.25) is 0 Å². The molecule has 0 aromatic heterocycles. The van der Waals surface area contributed by atoms with Crippen LogP contribution in [0.1, 0.15) is 37.7 Å². The zero-order valence-corrected chi connectivity index (χ0v) is 11.1. The Labute approximate surface area is 112 Å². The van der Waals surface area contributed by atoms with Crippen molar-refractivity contribution in [2.75, 3.05) is 6.79 Å². The summed E-state index contributed by atoms with van der Waals surface area (Å²) in [5.41, 5.74) is 6.46. The Morgan fingerprint density at radius 2 is 2.32 bits per heavy atom. The highest BCUT2D eigenvalue weighted by Gasteiger charge is 2.44. The predicted octanol–water partition coefficient (Wildman–Crippen LogP) is 2.42. The van der Waals surface area contributed by atoms with Gasteiger partial charge in [-0.25, -0.2) is 0 Å². The van der Waals surface area contributed by atoms with Crippen molar-refractivity contribution < 1.29 is 14.3 Å². The van der Waals surface area contributed by atoms with Crippen LogP contribution in [0, 0.1) is 11.8 Å². The lowest BCUT2D eigenvalue weighted by atomic mass is 9.96. The number of fused-ring (bicyclic) bond motifs is 1. The van der Waals surface area contributed by atoms with Crippen molar-refractivity contribution in [2.45, 2.75) is 32.1 Å². The first-order chi connectivity index (χ1) is 9.16. The average Bonchev–Trinajstić information content (AvgIpc) is 3.04. The highest BCUT2D eigenvalue weighted by atomic mass is 16.7. The predicted molar refractivity (Wildman–Crippen MR) is 71.0 cm³/mol. The van der Waals surface area contributed by atoms with Crippen molar-refractivity contribution in [1.82, 2.24) is 0 Å². The minimum Gasteiger partial charge on any atom is -0.454 e. The van der Waals surface area contributed by atoms with Crippen molar-refractivity contribution in [3.8, 4) is 11.5 Å². The number of ether oxygens (including phenoxy) is 2. The van der Waals surface area contributed by atoms with E-state index in [1.54, 1.807) is 0 Å². The van der Waals surface area contributed by atoms with E-state index in [4.69, 9.17) is 15.2 Å². The van der Waals surface area contributed by atoms with Gasteiger partial charge in [0.05, 0.1) is 0 Å². The van der Waals surface area contributed by atoms with E-state index in [1.807, 2.05) is 12.1 Å². The molecular formula is C15H19NO3. The van der Waals surface area contributed by atoms with Crippen molar-refractivity contribution in [1.29, 1.82) is 0 Å². The average molecular weight is 261 g/mol. The fourth-order valence-electron chi connectivity index (χ4n) is 3.03. The summed E-state index contributed by atoms with van der Waals surface area (Å²) < 4.78 is 11.0. The van der Waals surface area contributed by atoms with Crippen molar-refractivity contribution in [2.24, 2.45) is 17.6 Å². The van der Waals surface area contributed by atoms with E-state index in [9.17, 15) is 4.79 Å². The molecule has 3 rings (SSSR count). The van der Waals surface area contributed by atoms with Gasteiger partial charge in [-0.15, -0.1) is 0 Å². The van der Waals surface area contributed by atoms with Crippen LogP contribution in [0.25, 0.3) is 0 Å². The number of carbonyl (C=O) groups excluding carboxylic acids is 1. The van der Waals surface area contributed by atoms with Gasteiger partial charge in [0.2, 0.25) is 12.7 Å². The standard InChI is InChI=1S/C15H19NO3/c1-9(5-6-14(16)17)11-7-12(11)10-3-2-4-13-15(10)19-8-18-13/h2-4,9,11-12H,5-8H2,1H3,(H2,16,17). The van der Waals surface area contributed by atoms with Gasteiger partial charge in [-0.05, 0) is 36.7 Å². The number of primary amides is 1. The first kappa shape index (κ1) is 12.3. The van der Waals surface area contributed by atoms with E-state index >= 15 is 0 Å². The summed E-state index contributed by atoms with van der Waals surface area (Å²) in [4.78, 5) is 10.8. The van der Waals surface area contributed by atoms with E-state index in [-0.39, 0.29) is 5.91 Å². The van der Waals surface area contributed by atoms with Gasteiger partial charge in [0.25, 0.3) is 0 Å². The monoisotopic (exact) mass is 261 g/mol. The van der Waals surface area contributed by atoms with Gasteiger partial charge in [-0.2, -0.15) is 0 Å². The van der Waals surface area contributed by atoms with Crippen LogP contribution in [0.4, 0.5) is 0 Å². The number of nitrogens with two attached hydrogens (primary N) is 1. The lowest BCUT2D eigenvalue weighted by Crippen LogP contribution is -2.12. The molecule has 1 fully saturated rings. The van der Waals surface area contributed by atoms with E-state index in [1.165, 1.54) is 12.0 Å². The Morgan fingerprint density at radius 1 is 1.47 bits per heavy atom. The molecule has 1 saturated carbocycles. The first-order valence-corrected chi connectivity index (χ1v) is 6.83. The number of amides is 1. The Morgan fingerprint density at radius 3 is 3.11 bits per heavy atom. The van der Waals surface area contributed by atoms with E-state index in [0.29, 0.717) is 31.0 Å². The van der Waals surface area contributed by atoms with Crippen LogP contribution in [0.15, 0.2) is 18.2 Å². The summed E-state index contributed by atoms with van der Waals surface area (Å²) in [5, 5.41) is 0. The Bertz CT molecular complexity index is 500. The summed E-state index contributed by atoms with van der Waals surface area (Å²) in [6, 6.07) is 6.09. The zero-order chi connectivity index (χ0) is 13.4. The SMILES string of the molecule is CC(CCC(N)=O)C1CC1c1cccc2c1OCO2. The van der Waals surface area contributed by atoms with Crippen LogP contribution in [0.3, 0.4) is 0 Å². The molecule has 1 aromatic carbocycles. The molecule has 3 unspecified atom stereocenters. The molecule has 0 spiro atoms. The summed E-state index contributed by atoms with van der Waals surface area (Å²) in [6.45, 7) is 2.52. The van der Waals surface area contributed by atoms with Crippen molar-refractivity contribution >= 4 is 5.91 Å². The Kier molecular flexibility index (Phi) is 3.09. The van der Waals surface area contributed by atoms with Gasteiger partial charge in [0.15, 0.2) is 11.5 Å². The van der Waals surface area contributed by atoms with E-state index < -0.39 is 0 Å². The Hall–Kier alpha value is -1.71. The minimum atomic E-state index is -0.207. The molecular weight excluding hydrogens is 242 g/mol. The molecule has 4 heteroatoms. The second kappa shape index (κ2) is 4.76. The maximum Gasteiger partial charge on any atom is 0.231 e. The normalized spacial score (nSPS) is 25.1. The zero-order valence-electron chi connectivity index (χ0n) is 11.1. The highest BCUT2D eigenvalue weighted by Crippen LogP contribution is 2.56. The molecule has 3 atom stereocenters.